The molecule has 8 nitrogen and oxygen atoms in total. The largest absolute Gasteiger partial charge is 0.459 e. The fourth-order valence-corrected chi connectivity index (χ4v) is 3.39. The van der Waals surface area contributed by atoms with Gasteiger partial charge < -0.3 is 20.0 Å². The van der Waals surface area contributed by atoms with E-state index in [1.165, 1.54) is 6.26 Å². The fraction of sp³-hybridized carbons (Fsp3) is 0.200. The van der Waals surface area contributed by atoms with Gasteiger partial charge in [0.2, 0.25) is 5.91 Å². The zero-order valence-electron chi connectivity index (χ0n) is 15.1. The van der Waals surface area contributed by atoms with Crippen molar-refractivity contribution in [3.63, 3.8) is 0 Å². The Hall–Kier alpha value is -3.68. The van der Waals surface area contributed by atoms with Crippen LogP contribution in [-0.4, -0.2) is 46.3 Å². The molecule has 1 atom stereocenters. The third-order valence-corrected chi connectivity index (χ3v) is 4.82. The highest BCUT2D eigenvalue weighted by atomic mass is 16.3. The summed E-state index contributed by atoms with van der Waals surface area (Å²) in [5.74, 6) is 0.422. The number of anilines is 1. The van der Waals surface area contributed by atoms with E-state index in [0.717, 1.165) is 11.4 Å². The molecule has 1 saturated heterocycles. The Bertz CT molecular complexity index is 957. The van der Waals surface area contributed by atoms with Crippen molar-refractivity contribution in [3.8, 4) is 0 Å². The first-order valence-corrected chi connectivity index (χ1v) is 8.88. The molecule has 0 aliphatic carbocycles. The van der Waals surface area contributed by atoms with Crippen molar-refractivity contribution in [1.82, 2.24) is 14.9 Å². The molecule has 1 unspecified atom stereocenters. The summed E-state index contributed by atoms with van der Waals surface area (Å²) in [4.78, 5) is 36.6. The van der Waals surface area contributed by atoms with Crippen LogP contribution in [0.5, 0.6) is 0 Å². The molecule has 1 aliphatic heterocycles. The average molecular weight is 377 g/mol. The quantitative estimate of drug-likeness (QED) is 0.744. The summed E-state index contributed by atoms with van der Waals surface area (Å²) in [6, 6.07) is 10.3. The van der Waals surface area contributed by atoms with Crippen LogP contribution in [0.1, 0.15) is 32.5 Å². The number of amides is 2. The molecular formula is C20H19N5O3. The molecule has 2 amide bonds. The lowest BCUT2D eigenvalue weighted by Gasteiger charge is -2.42. The van der Waals surface area contributed by atoms with Gasteiger partial charge in [-0.05, 0) is 29.8 Å². The van der Waals surface area contributed by atoms with Gasteiger partial charge in [-0.25, -0.2) is 4.98 Å². The fourth-order valence-electron chi connectivity index (χ4n) is 3.39. The molecule has 142 valence electrons. The van der Waals surface area contributed by atoms with Crippen LogP contribution in [0, 0.1) is 0 Å². The van der Waals surface area contributed by atoms with Gasteiger partial charge in [-0.2, -0.15) is 0 Å². The molecular weight excluding hydrogens is 358 g/mol. The maximum absolute atomic E-state index is 12.7. The first kappa shape index (κ1) is 17.7. The number of carbonyl (C=O) groups is 2. The second kappa shape index (κ2) is 7.51. The second-order valence-corrected chi connectivity index (χ2v) is 6.49. The highest BCUT2D eigenvalue weighted by Crippen LogP contribution is 2.30. The van der Waals surface area contributed by atoms with Crippen molar-refractivity contribution in [2.75, 3.05) is 24.5 Å². The predicted octanol–water partition coefficient (Wildman–Crippen LogP) is 1.87. The van der Waals surface area contributed by atoms with Crippen molar-refractivity contribution >= 4 is 17.6 Å². The Morgan fingerprint density at radius 2 is 1.93 bits per heavy atom. The lowest BCUT2D eigenvalue weighted by Crippen LogP contribution is -2.50. The number of benzene rings is 1. The van der Waals surface area contributed by atoms with E-state index in [-0.39, 0.29) is 11.9 Å². The lowest BCUT2D eigenvalue weighted by molar-refractivity contribution is 0.0689. The maximum atomic E-state index is 12.7. The molecule has 28 heavy (non-hydrogen) atoms. The Balaban J connectivity index is 1.65. The highest BCUT2D eigenvalue weighted by Gasteiger charge is 2.32. The molecule has 0 radical (unpaired) electrons. The number of furan rings is 1. The third-order valence-electron chi connectivity index (χ3n) is 4.82. The van der Waals surface area contributed by atoms with E-state index in [1.807, 2.05) is 12.1 Å². The molecule has 1 aromatic carbocycles. The number of hydrogen-bond acceptors (Lipinski definition) is 6. The van der Waals surface area contributed by atoms with E-state index < -0.39 is 5.91 Å². The van der Waals surface area contributed by atoms with Crippen LogP contribution in [0.25, 0.3) is 0 Å². The smallest absolute Gasteiger partial charge is 0.289 e. The number of nitrogens with zero attached hydrogens (tertiary/aromatic N) is 4. The number of nitrogens with two attached hydrogens (primary N) is 1. The SMILES string of the molecule is NC(=O)c1ccc(C2CN(C(=O)c3ccco3)CCN2c2cnccn2)cc1. The summed E-state index contributed by atoms with van der Waals surface area (Å²) < 4.78 is 5.26. The number of rotatable bonds is 4. The number of primary amides is 1. The first-order valence-electron chi connectivity index (χ1n) is 8.88. The van der Waals surface area contributed by atoms with E-state index >= 15 is 0 Å². The molecule has 1 fully saturated rings. The Kier molecular flexibility index (Phi) is 4.76. The van der Waals surface area contributed by atoms with Gasteiger partial charge in [0, 0.05) is 37.6 Å². The molecule has 0 saturated carbocycles. The van der Waals surface area contributed by atoms with Crippen molar-refractivity contribution < 1.29 is 14.0 Å². The van der Waals surface area contributed by atoms with E-state index in [1.54, 1.807) is 47.8 Å². The van der Waals surface area contributed by atoms with Crippen LogP contribution in [0.4, 0.5) is 5.82 Å². The summed E-state index contributed by atoms with van der Waals surface area (Å²) in [5.41, 5.74) is 6.74. The van der Waals surface area contributed by atoms with Crippen molar-refractivity contribution in [2.24, 2.45) is 5.73 Å². The predicted molar refractivity (Wildman–Crippen MR) is 102 cm³/mol. The summed E-state index contributed by atoms with van der Waals surface area (Å²) in [6.07, 6.45) is 6.46. The van der Waals surface area contributed by atoms with Gasteiger partial charge in [0.25, 0.3) is 5.91 Å². The summed E-state index contributed by atoms with van der Waals surface area (Å²) in [7, 11) is 0. The third kappa shape index (κ3) is 3.44. The van der Waals surface area contributed by atoms with Crippen molar-refractivity contribution in [3.05, 3.63) is 78.1 Å². The van der Waals surface area contributed by atoms with E-state index in [9.17, 15) is 9.59 Å². The van der Waals surface area contributed by atoms with Crippen LogP contribution >= 0.6 is 0 Å². The van der Waals surface area contributed by atoms with E-state index in [4.69, 9.17) is 10.2 Å². The first-order chi connectivity index (χ1) is 13.6. The van der Waals surface area contributed by atoms with Crippen LogP contribution in [0.3, 0.4) is 0 Å². The molecule has 1 aliphatic rings. The minimum absolute atomic E-state index is 0.147. The van der Waals surface area contributed by atoms with Gasteiger partial charge in [-0.3, -0.25) is 14.6 Å². The molecule has 4 rings (SSSR count). The Morgan fingerprint density at radius 1 is 1.11 bits per heavy atom. The zero-order chi connectivity index (χ0) is 19.5. The van der Waals surface area contributed by atoms with Gasteiger partial charge in [0.15, 0.2) is 5.76 Å². The van der Waals surface area contributed by atoms with Gasteiger partial charge in [-0.1, -0.05) is 12.1 Å². The van der Waals surface area contributed by atoms with Crippen LogP contribution < -0.4 is 10.6 Å². The monoisotopic (exact) mass is 377 g/mol. The highest BCUT2D eigenvalue weighted by molar-refractivity contribution is 5.93. The number of hydrogen-bond donors (Lipinski definition) is 1. The lowest BCUT2D eigenvalue weighted by atomic mass is 10.00. The molecule has 2 aromatic heterocycles. The Morgan fingerprint density at radius 3 is 2.57 bits per heavy atom. The average Bonchev–Trinajstić information content (AvgIpc) is 3.28. The van der Waals surface area contributed by atoms with Crippen LogP contribution in [0.2, 0.25) is 0 Å². The van der Waals surface area contributed by atoms with Crippen LogP contribution in [-0.2, 0) is 0 Å². The molecule has 0 bridgehead atoms. The van der Waals surface area contributed by atoms with Gasteiger partial charge in [0.1, 0.15) is 5.82 Å². The second-order valence-electron chi connectivity index (χ2n) is 6.49. The number of aromatic nitrogens is 2. The van der Waals surface area contributed by atoms with Gasteiger partial charge >= 0.3 is 0 Å². The molecule has 3 heterocycles. The molecule has 3 aromatic rings. The minimum Gasteiger partial charge on any atom is -0.459 e. The van der Waals surface area contributed by atoms with Crippen LogP contribution in [0.15, 0.2) is 65.7 Å². The normalized spacial score (nSPS) is 16.8. The zero-order valence-corrected chi connectivity index (χ0v) is 15.1. The molecule has 2 N–H and O–H groups in total. The molecule has 8 heteroatoms. The topological polar surface area (TPSA) is 106 Å². The van der Waals surface area contributed by atoms with Crippen molar-refractivity contribution in [2.45, 2.75) is 6.04 Å². The summed E-state index contributed by atoms with van der Waals surface area (Å²) >= 11 is 0. The number of carbonyl (C=O) groups excluding carboxylic acids is 2. The molecule has 0 spiro atoms. The Labute approximate surface area is 161 Å². The van der Waals surface area contributed by atoms with Gasteiger partial charge in [0.05, 0.1) is 18.5 Å². The standard InChI is InChI=1S/C20H19N5O3/c21-19(26)15-5-3-14(4-6-15)16-13-24(20(27)17-2-1-11-28-17)9-10-25(16)18-12-22-7-8-23-18/h1-8,11-12,16H,9-10,13H2,(H2,21,26). The summed E-state index contributed by atoms with van der Waals surface area (Å²) in [6.45, 7) is 1.57. The van der Waals surface area contributed by atoms with E-state index in [0.29, 0.717) is 31.0 Å². The minimum atomic E-state index is -0.476. The number of piperazine rings is 1. The maximum Gasteiger partial charge on any atom is 0.289 e. The van der Waals surface area contributed by atoms with Crippen molar-refractivity contribution in [1.29, 1.82) is 0 Å². The van der Waals surface area contributed by atoms with Gasteiger partial charge in [-0.15, -0.1) is 0 Å². The van der Waals surface area contributed by atoms with E-state index in [2.05, 4.69) is 14.9 Å². The summed E-state index contributed by atoms with van der Waals surface area (Å²) in [5, 5.41) is 0.